The Bertz CT molecular complexity index is 296. The largest absolute Gasteiger partial charge is 0.212 e. The van der Waals surface area contributed by atoms with E-state index in [4.69, 9.17) is 0 Å². The molecule has 0 aliphatic heterocycles. The summed E-state index contributed by atoms with van der Waals surface area (Å²) < 4.78 is 26.1. The van der Waals surface area contributed by atoms with Crippen molar-refractivity contribution in [2.24, 2.45) is 5.41 Å². The van der Waals surface area contributed by atoms with Crippen LogP contribution in [0.15, 0.2) is 0 Å². The average Bonchev–Trinajstić information content (AvgIpc) is 2.41. The second-order valence-electron chi connectivity index (χ2n) is 5.39. The predicted molar refractivity (Wildman–Crippen MR) is 63.3 cm³/mol. The topological polar surface area (TPSA) is 46.2 Å². The Morgan fingerprint density at radius 2 is 2.07 bits per heavy atom. The van der Waals surface area contributed by atoms with Crippen LogP contribution in [0.5, 0.6) is 0 Å². The summed E-state index contributed by atoms with van der Waals surface area (Å²) in [6.07, 6.45) is 4.76. The molecule has 0 heterocycles. The molecule has 0 spiro atoms. The first-order valence-corrected chi connectivity index (χ1v) is 7.50. The van der Waals surface area contributed by atoms with Gasteiger partial charge in [-0.25, -0.2) is 13.1 Å². The Morgan fingerprint density at radius 1 is 1.40 bits per heavy atom. The highest BCUT2D eigenvalue weighted by Gasteiger charge is 2.32. The third kappa shape index (κ3) is 4.51. The molecule has 0 saturated heterocycles. The molecule has 0 aromatic heterocycles. The minimum atomic E-state index is -3.03. The van der Waals surface area contributed by atoms with E-state index in [-0.39, 0.29) is 11.8 Å². The number of nitrogens with one attached hydrogen (secondary N) is 1. The Hall–Kier alpha value is -0.0900. The molecule has 0 aromatic rings. The smallest absolute Gasteiger partial charge is 0.211 e. The van der Waals surface area contributed by atoms with Crippen LogP contribution in [0, 0.1) is 5.41 Å². The van der Waals surface area contributed by atoms with Crippen LogP contribution in [-0.4, -0.2) is 20.2 Å². The molecule has 0 radical (unpaired) electrons. The van der Waals surface area contributed by atoms with E-state index in [0.29, 0.717) is 5.41 Å². The normalized spacial score (nSPS) is 25.7. The molecular formula is C11H23NO2S. The summed E-state index contributed by atoms with van der Waals surface area (Å²) >= 11 is 0. The van der Waals surface area contributed by atoms with E-state index in [1.54, 1.807) is 0 Å². The fraction of sp³-hybridized carbons (Fsp3) is 1.00. The molecule has 3 nitrogen and oxygen atoms in total. The van der Waals surface area contributed by atoms with Gasteiger partial charge in [-0.15, -0.1) is 0 Å². The van der Waals surface area contributed by atoms with Gasteiger partial charge in [0.1, 0.15) is 0 Å². The first-order chi connectivity index (χ1) is 6.85. The highest BCUT2D eigenvalue weighted by molar-refractivity contribution is 7.89. The van der Waals surface area contributed by atoms with E-state index in [1.807, 2.05) is 6.92 Å². The van der Waals surface area contributed by atoms with E-state index in [2.05, 4.69) is 18.6 Å². The first-order valence-electron chi connectivity index (χ1n) is 5.85. The van der Waals surface area contributed by atoms with Gasteiger partial charge in [0.25, 0.3) is 0 Å². The van der Waals surface area contributed by atoms with Crippen molar-refractivity contribution in [1.82, 2.24) is 4.72 Å². The minimum Gasteiger partial charge on any atom is -0.212 e. The van der Waals surface area contributed by atoms with Gasteiger partial charge in [-0.1, -0.05) is 27.2 Å². The lowest BCUT2D eigenvalue weighted by molar-refractivity contribution is 0.372. The summed E-state index contributed by atoms with van der Waals surface area (Å²) in [4.78, 5) is 0. The molecule has 0 amide bonds. The summed E-state index contributed by atoms with van der Waals surface area (Å²) in [5.41, 5.74) is 0.304. The highest BCUT2D eigenvalue weighted by atomic mass is 32.2. The van der Waals surface area contributed by atoms with Crippen LogP contribution in [0.2, 0.25) is 0 Å². The van der Waals surface area contributed by atoms with Gasteiger partial charge < -0.3 is 0 Å². The number of hydrogen-bond donors (Lipinski definition) is 1. The fourth-order valence-electron chi connectivity index (χ4n) is 2.18. The molecule has 1 N–H and O–H groups in total. The van der Waals surface area contributed by atoms with Gasteiger partial charge in [0.05, 0.1) is 5.75 Å². The number of sulfonamides is 1. The maximum atomic E-state index is 11.6. The molecule has 1 aliphatic carbocycles. The maximum absolute atomic E-state index is 11.6. The predicted octanol–water partition coefficient (Wildman–Crippen LogP) is 2.28. The zero-order valence-electron chi connectivity index (χ0n) is 10.0. The van der Waals surface area contributed by atoms with E-state index in [9.17, 15) is 8.42 Å². The van der Waals surface area contributed by atoms with Crippen molar-refractivity contribution in [3.8, 4) is 0 Å². The SMILES string of the molecule is CCCCS(=O)(=O)NC1CCC(C)(C)C1. The van der Waals surface area contributed by atoms with Crippen molar-refractivity contribution in [2.75, 3.05) is 5.75 Å². The lowest BCUT2D eigenvalue weighted by atomic mass is 9.92. The van der Waals surface area contributed by atoms with Crippen molar-refractivity contribution < 1.29 is 8.42 Å². The molecule has 0 bridgehead atoms. The van der Waals surface area contributed by atoms with E-state index < -0.39 is 10.0 Å². The van der Waals surface area contributed by atoms with Crippen molar-refractivity contribution in [3.05, 3.63) is 0 Å². The van der Waals surface area contributed by atoms with Crippen LogP contribution in [0.25, 0.3) is 0 Å². The summed E-state index contributed by atoms with van der Waals surface area (Å²) in [5, 5.41) is 0. The second kappa shape index (κ2) is 4.83. The van der Waals surface area contributed by atoms with Crippen molar-refractivity contribution in [2.45, 2.75) is 58.9 Å². The standard InChI is InChI=1S/C11H23NO2S/c1-4-5-8-15(13,14)12-10-6-7-11(2,3)9-10/h10,12H,4-9H2,1-3H3. The summed E-state index contributed by atoms with van der Waals surface area (Å²) in [7, 11) is -3.03. The Kier molecular flexibility index (Phi) is 4.18. The number of unbranched alkanes of at least 4 members (excludes halogenated alkanes) is 1. The van der Waals surface area contributed by atoms with Gasteiger partial charge >= 0.3 is 0 Å². The van der Waals surface area contributed by atoms with Crippen LogP contribution in [-0.2, 0) is 10.0 Å². The molecule has 1 atom stereocenters. The lowest BCUT2D eigenvalue weighted by Gasteiger charge is -2.17. The third-order valence-electron chi connectivity index (χ3n) is 3.08. The third-order valence-corrected chi connectivity index (χ3v) is 4.60. The van der Waals surface area contributed by atoms with E-state index in [0.717, 1.165) is 32.1 Å². The lowest BCUT2D eigenvalue weighted by Crippen LogP contribution is -2.35. The minimum absolute atomic E-state index is 0.168. The van der Waals surface area contributed by atoms with Crippen LogP contribution < -0.4 is 4.72 Å². The molecule has 4 heteroatoms. The van der Waals surface area contributed by atoms with E-state index >= 15 is 0 Å². The second-order valence-corrected chi connectivity index (χ2v) is 7.27. The van der Waals surface area contributed by atoms with Crippen molar-refractivity contribution in [1.29, 1.82) is 0 Å². The number of rotatable bonds is 5. The monoisotopic (exact) mass is 233 g/mol. The maximum Gasteiger partial charge on any atom is 0.211 e. The van der Waals surface area contributed by atoms with Crippen molar-refractivity contribution >= 4 is 10.0 Å². The van der Waals surface area contributed by atoms with Gasteiger partial charge in [-0.3, -0.25) is 0 Å². The Morgan fingerprint density at radius 3 is 2.53 bits per heavy atom. The Balaban J connectivity index is 2.42. The fourth-order valence-corrected chi connectivity index (χ4v) is 3.68. The quantitative estimate of drug-likeness (QED) is 0.792. The number of hydrogen-bond acceptors (Lipinski definition) is 2. The molecule has 1 fully saturated rings. The highest BCUT2D eigenvalue weighted by Crippen LogP contribution is 2.37. The summed E-state index contributed by atoms with van der Waals surface area (Å²) in [6, 6.07) is 0.168. The van der Waals surface area contributed by atoms with Crippen LogP contribution in [0.4, 0.5) is 0 Å². The van der Waals surface area contributed by atoms with Gasteiger partial charge in [0.2, 0.25) is 10.0 Å². The van der Waals surface area contributed by atoms with E-state index in [1.165, 1.54) is 0 Å². The van der Waals surface area contributed by atoms with Gasteiger partial charge in [0.15, 0.2) is 0 Å². The molecule has 90 valence electrons. The van der Waals surface area contributed by atoms with Crippen LogP contribution >= 0.6 is 0 Å². The molecular weight excluding hydrogens is 210 g/mol. The van der Waals surface area contributed by atoms with Gasteiger partial charge in [0, 0.05) is 6.04 Å². The van der Waals surface area contributed by atoms with Gasteiger partial charge in [-0.05, 0) is 31.1 Å². The summed E-state index contributed by atoms with van der Waals surface area (Å²) in [5.74, 6) is 0.278. The molecule has 1 aliphatic rings. The van der Waals surface area contributed by atoms with Gasteiger partial charge in [-0.2, -0.15) is 0 Å². The average molecular weight is 233 g/mol. The molecule has 15 heavy (non-hydrogen) atoms. The molecule has 1 rings (SSSR count). The molecule has 1 saturated carbocycles. The summed E-state index contributed by atoms with van der Waals surface area (Å²) in [6.45, 7) is 6.41. The van der Waals surface area contributed by atoms with Crippen LogP contribution in [0.3, 0.4) is 0 Å². The zero-order chi connectivity index (χ0) is 11.5. The van der Waals surface area contributed by atoms with Crippen molar-refractivity contribution in [3.63, 3.8) is 0 Å². The molecule has 1 unspecified atom stereocenters. The first kappa shape index (κ1) is 13.0. The van der Waals surface area contributed by atoms with Crippen LogP contribution in [0.1, 0.15) is 52.9 Å². The Labute approximate surface area is 93.7 Å². The zero-order valence-corrected chi connectivity index (χ0v) is 10.9. The molecule has 0 aromatic carbocycles.